The van der Waals surface area contributed by atoms with Gasteiger partial charge in [-0.25, -0.2) is 0 Å². The van der Waals surface area contributed by atoms with E-state index < -0.39 is 12.2 Å². The second kappa shape index (κ2) is 3.77. The van der Waals surface area contributed by atoms with E-state index in [9.17, 15) is 15.3 Å². The number of hydrogen-bond acceptors (Lipinski definition) is 4. The summed E-state index contributed by atoms with van der Waals surface area (Å²) in [5, 5.41) is 28.8. The summed E-state index contributed by atoms with van der Waals surface area (Å²) >= 11 is 0. The second-order valence-corrected chi connectivity index (χ2v) is 4.53. The van der Waals surface area contributed by atoms with Crippen LogP contribution in [0.2, 0.25) is 0 Å². The van der Waals surface area contributed by atoms with Crippen LogP contribution in [0.3, 0.4) is 0 Å². The lowest BCUT2D eigenvalue weighted by Crippen LogP contribution is -2.49. The molecule has 0 bridgehead atoms. The lowest BCUT2D eigenvalue weighted by Gasteiger charge is -2.39. The van der Waals surface area contributed by atoms with Crippen LogP contribution < -0.4 is 0 Å². The molecule has 2 saturated heterocycles. The maximum absolute atomic E-state index is 9.81. The van der Waals surface area contributed by atoms with E-state index in [0.29, 0.717) is 6.04 Å². The molecule has 0 unspecified atom stereocenters. The first-order valence-electron chi connectivity index (χ1n) is 5.41. The van der Waals surface area contributed by atoms with Crippen molar-refractivity contribution in [3.63, 3.8) is 0 Å². The fourth-order valence-corrected chi connectivity index (χ4v) is 3.00. The third kappa shape index (κ3) is 1.37. The molecule has 0 amide bonds. The number of nitrogens with zero attached hydrogens (tertiary/aromatic N) is 1. The van der Waals surface area contributed by atoms with Gasteiger partial charge in [0.25, 0.3) is 0 Å². The molecule has 14 heavy (non-hydrogen) atoms. The smallest absolute Gasteiger partial charge is 0.0991 e. The van der Waals surface area contributed by atoms with Crippen molar-refractivity contribution in [2.24, 2.45) is 0 Å². The Morgan fingerprint density at radius 1 is 1.21 bits per heavy atom. The molecule has 3 N–H and O–H groups in total. The normalized spacial score (nSPS) is 49.3. The number of hydrogen-bond donors (Lipinski definition) is 3. The zero-order valence-electron chi connectivity index (χ0n) is 8.50. The Morgan fingerprint density at radius 2 is 1.93 bits per heavy atom. The largest absolute Gasteiger partial charge is 0.395 e. The Kier molecular flexibility index (Phi) is 2.79. The molecule has 0 aromatic carbocycles. The van der Waals surface area contributed by atoms with Gasteiger partial charge in [-0.2, -0.15) is 0 Å². The van der Waals surface area contributed by atoms with E-state index in [1.54, 1.807) is 0 Å². The third-order valence-corrected chi connectivity index (χ3v) is 3.72. The van der Waals surface area contributed by atoms with E-state index in [4.69, 9.17) is 0 Å². The molecule has 0 spiro atoms. The number of rotatable bonds is 1. The van der Waals surface area contributed by atoms with Gasteiger partial charge in [0.05, 0.1) is 24.9 Å². The van der Waals surface area contributed by atoms with Crippen molar-refractivity contribution in [1.82, 2.24) is 4.90 Å². The summed E-state index contributed by atoms with van der Waals surface area (Å²) in [6, 6.07) is 0.133. The lowest BCUT2D eigenvalue weighted by atomic mass is 9.96. The van der Waals surface area contributed by atoms with Gasteiger partial charge in [-0.3, -0.25) is 4.90 Å². The van der Waals surface area contributed by atoms with Crippen LogP contribution in [0.1, 0.15) is 26.2 Å². The molecule has 2 rings (SSSR count). The van der Waals surface area contributed by atoms with Crippen LogP contribution in [0.4, 0.5) is 0 Å². The number of fused-ring (bicyclic) bond motifs is 1. The molecule has 2 aliphatic rings. The van der Waals surface area contributed by atoms with Gasteiger partial charge in [0, 0.05) is 12.1 Å². The molecular formula is C10H19NO3. The topological polar surface area (TPSA) is 63.9 Å². The second-order valence-electron chi connectivity index (χ2n) is 4.53. The highest BCUT2D eigenvalue weighted by atomic mass is 16.3. The zero-order valence-corrected chi connectivity index (χ0v) is 8.50. The molecule has 82 valence electrons. The summed E-state index contributed by atoms with van der Waals surface area (Å²) < 4.78 is 0. The molecule has 0 aromatic rings. The summed E-state index contributed by atoms with van der Waals surface area (Å²) in [5.74, 6) is 0. The van der Waals surface area contributed by atoms with Crippen molar-refractivity contribution in [3.05, 3.63) is 0 Å². The van der Waals surface area contributed by atoms with E-state index in [-0.39, 0.29) is 18.7 Å². The molecular weight excluding hydrogens is 182 g/mol. The fourth-order valence-electron chi connectivity index (χ4n) is 3.00. The van der Waals surface area contributed by atoms with E-state index in [1.165, 1.54) is 0 Å². The first kappa shape index (κ1) is 10.4. The standard InChI is InChI=1S/C10H19NO3/c1-6-3-2-4-7-9(13)10(14)8(5-12)11(6)7/h6-10,12-14H,2-5H2,1H3/t6-,7-,8-,9-,10-/m1/s1. The molecule has 4 heteroatoms. The van der Waals surface area contributed by atoms with Crippen molar-refractivity contribution in [3.8, 4) is 0 Å². The molecule has 0 radical (unpaired) electrons. The van der Waals surface area contributed by atoms with Crippen LogP contribution >= 0.6 is 0 Å². The highest BCUT2D eigenvalue weighted by molar-refractivity contribution is 5.03. The zero-order chi connectivity index (χ0) is 10.3. The lowest BCUT2D eigenvalue weighted by molar-refractivity contribution is 0.0174. The highest BCUT2D eigenvalue weighted by Crippen LogP contribution is 2.35. The van der Waals surface area contributed by atoms with Crippen LogP contribution in [0, 0.1) is 0 Å². The molecule has 4 nitrogen and oxygen atoms in total. The van der Waals surface area contributed by atoms with Crippen LogP contribution in [-0.2, 0) is 0 Å². The van der Waals surface area contributed by atoms with Gasteiger partial charge in [0.1, 0.15) is 0 Å². The van der Waals surface area contributed by atoms with Gasteiger partial charge in [-0.1, -0.05) is 6.42 Å². The first-order valence-corrected chi connectivity index (χ1v) is 5.41. The SMILES string of the molecule is C[C@@H]1CCC[C@@H]2[C@@H](O)[C@H](O)[C@@H](CO)N12. The molecule has 2 heterocycles. The third-order valence-electron chi connectivity index (χ3n) is 3.72. The van der Waals surface area contributed by atoms with Crippen LogP contribution in [0.25, 0.3) is 0 Å². The average Bonchev–Trinajstić information content (AvgIpc) is 2.43. The first-order chi connectivity index (χ1) is 6.66. The molecule has 0 aromatic heterocycles. The maximum atomic E-state index is 9.81. The van der Waals surface area contributed by atoms with Crippen molar-refractivity contribution in [2.75, 3.05) is 6.61 Å². The average molecular weight is 201 g/mol. The Labute approximate surface area is 84.2 Å². The number of aliphatic hydroxyl groups excluding tert-OH is 3. The molecule has 0 saturated carbocycles. The summed E-state index contributed by atoms with van der Waals surface area (Å²) in [4.78, 5) is 2.10. The van der Waals surface area contributed by atoms with Gasteiger partial charge in [0.2, 0.25) is 0 Å². The van der Waals surface area contributed by atoms with E-state index in [2.05, 4.69) is 11.8 Å². The Balaban J connectivity index is 2.20. The summed E-state index contributed by atoms with van der Waals surface area (Å²) in [6.07, 6.45) is 1.65. The minimum Gasteiger partial charge on any atom is -0.395 e. The van der Waals surface area contributed by atoms with Gasteiger partial charge in [-0.05, 0) is 19.8 Å². The van der Waals surface area contributed by atoms with Crippen LogP contribution in [0.15, 0.2) is 0 Å². The summed E-state index contributed by atoms with van der Waals surface area (Å²) in [7, 11) is 0. The Bertz CT molecular complexity index is 202. The Morgan fingerprint density at radius 3 is 2.57 bits per heavy atom. The minimum absolute atomic E-state index is 0.0471. The minimum atomic E-state index is -0.787. The van der Waals surface area contributed by atoms with E-state index in [0.717, 1.165) is 19.3 Å². The highest BCUT2D eigenvalue weighted by Gasteiger charge is 2.49. The van der Waals surface area contributed by atoms with Gasteiger partial charge in [0.15, 0.2) is 0 Å². The summed E-state index contributed by atoms with van der Waals surface area (Å²) in [6.45, 7) is 2.03. The van der Waals surface area contributed by atoms with Crippen LogP contribution in [0.5, 0.6) is 0 Å². The van der Waals surface area contributed by atoms with Crippen molar-refractivity contribution >= 4 is 0 Å². The quantitative estimate of drug-likeness (QED) is 0.526. The monoisotopic (exact) mass is 201 g/mol. The van der Waals surface area contributed by atoms with Crippen molar-refractivity contribution < 1.29 is 15.3 Å². The predicted molar refractivity (Wildman–Crippen MR) is 51.8 cm³/mol. The van der Waals surface area contributed by atoms with Gasteiger partial charge in [-0.15, -0.1) is 0 Å². The number of piperidine rings is 1. The van der Waals surface area contributed by atoms with Gasteiger partial charge < -0.3 is 15.3 Å². The summed E-state index contributed by atoms with van der Waals surface area (Å²) in [5.41, 5.74) is 0. The van der Waals surface area contributed by atoms with E-state index in [1.807, 2.05) is 0 Å². The fraction of sp³-hybridized carbons (Fsp3) is 1.00. The van der Waals surface area contributed by atoms with Crippen molar-refractivity contribution in [1.29, 1.82) is 0 Å². The molecule has 0 aliphatic carbocycles. The Hall–Kier alpha value is -0.160. The van der Waals surface area contributed by atoms with Crippen molar-refractivity contribution in [2.45, 2.75) is 56.5 Å². The van der Waals surface area contributed by atoms with Gasteiger partial charge >= 0.3 is 0 Å². The predicted octanol–water partition coefficient (Wildman–Crippen LogP) is -0.674. The molecule has 2 fully saturated rings. The number of aliphatic hydroxyl groups is 3. The van der Waals surface area contributed by atoms with Crippen LogP contribution in [-0.4, -0.2) is 57.2 Å². The maximum Gasteiger partial charge on any atom is 0.0991 e. The molecule has 2 aliphatic heterocycles. The molecule has 5 atom stereocenters. The van der Waals surface area contributed by atoms with E-state index >= 15 is 0 Å².